The van der Waals surface area contributed by atoms with Crippen molar-refractivity contribution in [3.8, 4) is 0 Å². The van der Waals surface area contributed by atoms with Crippen LogP contribution in [0.4, 0.5) is 10.1 Å². The Hall–Kier alpha value is -1.49. The second kappa shape index (κ2) is 4.17. The number of halogens is 1. The van der Waals surface area contributed by atoms with Gasteiger partial charge in [-0.1, -0.05) is 12.2 Å². The van der Waals surface area contributed by atoms with Crippen LogP contribution in [0.5, 0.6) is 0 Å². The fourth-order valence-corrected chi connectivity index (χ4v) is 2.01. The third-order valence-electron chi connectivity index (χ3n) is 2.59. The number of nitrogens with zero attached hydrogens (tertiary/aromatic N) is 1. The van der Waals surface area contributed by atoms with Gasteiger partial charge in [0, 0.05) is 18.5 Å². The molecule has 0 aliphatic carbocycles. The Morgan fingerprint density at radius 1 is 1.50 bits per heavy atom. The molecule has 2 rings (SSSR count). The van der Waals surface area contributed by atoms with E-state index in [0.29, 0.717) is 24.2 Å². The van der Waals surface area contributed by atoms with Crippen molar-refractivity contribution in [2.75, 3.05) is 11.4 Å². The van der Waals surface area contributed by atoms with Gasteiger partial charge in [-0.2, -0.15) is 0 Å². The van der Waals surface area contributed by atoms with Crippen LogP contribution >= 0.6 is 12.2 Å². The molecule has 0 spiro atoms. The summed E-state index contributed by atoms with van der Waals surface area (Å²) in [4.78, 5) is 13.3. The average Bonchev–Trinajstić information content (AvgIpc) is 2.64. The van der Waals surface area contributed by atoms with Crippen molar-refractivity contribution in [2.24, 2.45) is 5.73 Å². The molecule has 1 aliphatic rings. The molecular weight excluding hydrogens is 227 g/mol. The molecule has 1 saturated heterocycles. The Kier molecular flexibility index (Phi) is 2.87. The normalized spacial score (nSPS) is 15.6. The van der Waals surface area contributed by atoms with E-state index in [1.807, 2.05) is 0 Å². The van der Waals surface area contributed by atoms with Gasteiger partial charge in [0.05, 0.1) is 5.69 Å². The highest BCUT2D eigenvalue weighted by molar-refractivity contribution is 7.80. The summed E-state index contributed by atoms with van der Waals surface area (Å²) in [5, 5.41) is 0. The first-order chi connectivity index (χ1) is 7.59. The van der Waals surface area contributed by atoms with Gasteiger partial charge < -0.3 is 10.6 Å². The highest BCUT2D eigenvalue weighted by Gasteiger charge is 2.24. The fourth-order valence-electron chi connectivity index (χ4n) is 1.84. The van der Waals surface area contributed by atoms with E-state index in [1.165, 1.54) is 12.1 Å². The minimum atomic E-state index is -0.404. The van der Waals surface area contributed by atoms with Crippen molar-refractivity contribution in [3.63, 3.8) is 0 Å². The monoisotopic (exact) mass is 238 g/mol. The molecule has 84 valence electrons. The van der Waals surface area contributed by atoms with E-state index < -0.39 is 5.82 Å². The number of benzene rings is 1. The first-order valence-electron chi connectivity index (χ1n) is 4.99. The third-order valence-corrected chi connectivity index (χ3v) is 2.81. The lowest BCUT2D eigenvalue weighted by molar-refractivity contribution is -0.117. The number of carbonyl (C=O) groups is 1. The predicted octanol–water partition coefficient (Wildman–Crippen LogP) is 1.59. The first-order valence-corrected chi connectivity index (χ1v) is 5.40. The molecule has 0 bridgehead atoms. The molecule has 0 radical (unpaired) electrons. The van der Waals surface area contributed by atoms with Crippen molar-refractivity contribution in [1.82, 2.24) is 0 Å². The number of anilines is 1. The Labute approximate surface area is 98.0 Å². The summed E-state index contributed by atoms with van der Waals surface area (Å²) in [6, 6.07) is 4.12. The van der Waals surface area contributed by atoms with Gasteiger partial charge in [0.1, 0.15) is 10.8 Å². The third kappa shape index (κ3) is 1.90. The highest BCUT2D eigenvalue weighted by Crippen LogP contribution is 2.26. The van der Waals surface area contributed by atoms with E-state index in [4.69, 9.17) is 18.0 Å². The van der Waals surface area contributed by atoms with Crippen LogP contribution in [0.2, 0.25) is 0 Å². The molecule has 0 atom stereocenters. The fraction of sp³-hybridized carbons (Fsp3) is 0.273. The van der Waals surface area contributed by atoms with Crippen LogP contribution in [0, 0.1) is 5.82 Å². The molecular formula is C11H11FN2OS. The Morgan fingerprint density at radius 3 is 2.81 bits per heavy atom. The molecule has 0 saturated carbocycles. The summed E-state index contributed by atoms with van der Waals surface area (Å²) in [6.07, 6.45) is 1.33. The lowest BCUT2D eigenvalue weighted by atomic mass is 10.1. The summed E-state index contributed by atoms with van der Waals surface area (Å²) in [7, 11) is 0. The Bertz CT molecular complexity index is 461. The molecule has 3 nitrogen and oxygen atoms in total. The standard InChI is InChI=1S/C11H11FN2OS/c12-7-3-4-9(8(6-7)11(13)16)14-5-1-2-10(14)15/h3-4,6H,1-2,5H2,(H2,13,16). The average molecular weight is 238 g/mol. The molecule has 0 aromatic heterocycles. The first kappa shape index (κ1) is 11.0. The van der Waals surface area contributed by atoms with E-state index >= 15 is 0 Å². The van der Waals surface area contributed by atoms with Crippen LogP contribution in [-0.2, 0) is 4.79 Å². The van der Waals surface area contributed by atoms with Crippen LogP contribution in [0.15, 0.2) is 18.2 Å². The number of nitrogens with two attached hydrogens (primary N) is 1. The second-order valence-electron chi connectivity index (χ2n) is 3.67. The maximum absolute atomic E-state index is 13.1. The van der Waals surface area contributed by atoms with E-state index in [1.54, 1.807) is 11.0 Å². The summed E-state index contributed by atoms with van der Waals surface area (Å²) < 4.78 is 13.1. The van der Waals surface area contributed by atoms with Crippen molar-refractivity contribution in [1.29, 1.82) is 0 Å². The lowest BCUT2D eigenvalue weighted by Crippen LogP contribution is -2.27. The molecule has 1 fully saturated rings. The minimum absolute atomic E-state index is 0.0316. The summed E-state index contributed by atoms with van der Waals surface area (Å²) in [6.45, 7) is 0.639. The number of hydrogen-bond donors (Lipinski definition) is 1. The van der Waals surface area contributed by atoms with E-state index in [9.17, 15) is 9.18 Å². The van der Waals surface area contributed by atoms with Crippen molar-refractivity contribution >= 4 is 28.8 Å². The molecule has 1 aromatic carbocycles. The van der Waals surface area contributed by atoms with Gasteiger partial charge in [0.2, 0.25) is 5.91 Å². The van der Waals surface area contributed by atoms with Gasteiger partial charge in [0.15, 0.2) is 0 Å². The van der Waals surface area contributed by atoms with Gasteiger partial charge in [-0.3, -0.25) is 4.79 Å². The SMILES string of the molecule is NC(=S)c1cc(F)ccc1N1CCCC1=O. The molecule has 1 amide bonds. The maximum Gasteiger partial charge on any atom is 0.227 e. The number of rotatable bonds is 2. The highest BCUT2D eigenvalue weighted by atomic mass is 32.1. The van der Waals surface area contributed by atoms with E-state index in [2.05, 4.69) is 0 Å². The van der Waals surface area contributed by atoms with Crippen LogP contribution in [0.25, 0.3) is 0 Å². The van der Waals surface area contributed by atoms with Gasteiger partial charge >= 0.3 is 0 Å². The molecule has 1 aliphatic heterocycles. The molecule has 5 heteroatoms. The topological polar surface area (TPSA) is 46.3 Å². The number of amides is 1. The molecule has 1 heterocycles. The Balaban J connectivity index is 2.47. The second-order valence-corrected chi connectivity index (χ2v) is 4.11. The lowest BCUT2D eigenvalue weighted by Gasteiger charge is -2.19. The van der Waals surface area contributed by atoms with E-state index in [-0.39, 0.29) is 10.9 Å². The molecule has 16 heavy (non-hydrogen) atoms. The molecule has 1 aromatic rings. The van der Waals surface area contributed by atoms with Crippen LogP contribution < -0.4 is 10.6 Å². The predicted molar refractivity (Wildman–Crippen MR) is 63.9 cm³/mol. The van der Waals surface area contributed by atoms with E-state index in [0.717, 1.165) is 6.42 Å². The van der Waals surface area contributed by atoms with Crippen molar-refractivity contribution < 1.29 is 9.18 Å². The van der Waals surface area contributed by atoms with Gasteiger partial charge in [-0.25, -0.2) is 4.39 Å². The minimum Gasteiger partial charge on any atom is -0.389 e. The zero-order valence-corrected chi connectivity index (χ0v) is 9.39. The van der Waals surface area contributed by atoms with Crippen molar-refractivity contribution in [3.05, 3.63) is 29.6 Å². The zero-order chi connectivity index (χ0) is 11.7. The Morgan fingerprint density at radius 2 is 2.25 bits per heavy atom. The van der Waals surface area contributed by atoms with Crippen LogP contribution in [0.1, 0.15) is 18.4 Å². The number of hydrogen-bond acceptors (Lipinski definition) is 2. The number of carbonyl (C=O) groups excluding carboxylic acids is 1. The summed E-state index contributed by atoms with van der Waals surface area (Å²) >= 11 is 4.86. The van der Waals surface area contributed by atoms with Crippen LogP contribution in [-0.4, -0.2) is 17.4 Å². The summed E-state index contributed by atoms with van der Waals surface area (Å²) in [5.41, 5.74) is 6.55. The molecule has 2 N–H and O–H groups in total. The smallest absolute Gasteiger partial charge is 0.227 e. The van der Waals surface area contributed by atoms with Gasteiger partial charge in [-0.05, 0) is 24.6 Å². The van der Waals surface area contributed by atoms with Crippen molar-refractivity contribution in [2.45, 2.75) is 12.8 Å². The number of thiocarbonyl (C=S) groups is 1. The maximum atomic E-state index is 13.1. The van der Waals surface area contributed by atoms with Gasteiger partial charge in [0.25, 0.3) is 0 Å². The summed E-state index contributed by atoms with van der Waals surface area (Å²) in [5.74, 6) is -0.373. The zero-order valence-electron chi connectivity index (χ0n) is 8.57. The quantitative estimate of drug-likeness (QED) is 0.796. The molecule has 0 unspecified atom stereocenters. The van der Waals surface area contributed by atoms with Gasteiger partial charge in [-0.15, -0.1) is 0 Å². The largest absolute Gasteiger partial charge is 0.389 e. The van der Waals surface area contributed by atoms with Crippen LogP contribution in [0.3, 0.4) is 0 Å².